The summed E-state index contributed by atoms with van der Waals surface area (Å²) in [6.45, 7) is 1.66. The summed E-state index contributed by atoms with van der Waals surface area (Å²) in [5.74, 6) is -1.23. The number of hydrogen-bond acceptors (Lipinski definition) is 3. The van der Waals surface area contributed by atoms with Gasteiger partial charge in [-0.1, -0.05) is 0 Å². The van der Waals surface area contributed by atoms with Gasteiger partial charge in [-0.05, 0) is 25.7 Å². The lowest BCUT2D eigenvalue weighted by Gasteiger charge is -2.32. The van der Waals surface area contributed by atoms with E-state index < -0.39 is 11.9 Å². The van der Waals surface area contributed by atoms with Gasteiger partial charge in [-0.2, -0.15) is 0 Å². The number of hydrogen-bond donors (Lipinski definition) is 1. The molecule has 0 saturated carbocycles. The fraction of sp³-hybridized carbons (Fsp3) is 0.818. The molecule has 0 unspecified atom stereocenters. The first kappa shape index (κ1) is 11.4. The summed E-state index contributed by atoms with van der Waals surface area (Å²) < 4.78 is 5.33. The molecule has 2 fully saturated rings. The van der Waals surface area contributed by atoms with Crippen LogP contribution in [0.25, 0.3) is 0 Å². The average Bonchev–Trinajstić information content (AvgIpc) is 2.81. The maximum absolute atomic E-state index is 12.0. The maximum Gasteiger partial charge on any atom is 0.308 e. The Hall–Kier alpha value is -1.10. The lowest BCUT2D eigenvalue weighted by Crippen LogP contribution is -2.46. The number of carboxylic acids is 1. The van der Waals surface area contributed by atoms with Gasteiger partial charge in [0.25, 0.3) is 5.91 Å². The normalized spacial score (nSPS) is 30.4. The zero-order valence-electron chi connectivity index (χ0n) is 9.22. The van der Waals surface area contributed by atoms with Gasteiger partial charge in [0.2, 0.25) is 0 Å². The number of carboxylic acid groups (broad SMARTS) is 1. The zero-order chi connectivity index (χ0) is 11.5. The predicted octanol–water partition coefficient (Wildman–Crippen LogP) is 0.489. The Morgan fingerprint density at radius 3 is 2.69 bits per heavy atom. The van der Waals surface area contributed by atoms with Gasteiger partial charge in [-0.15, -0.1) is 0 Å². The van der Waals surface area contributed by atoms with Crippen LogP contribution in [0.15, 0.2) is 0 Å². The van der Waals surface area contributed by atoms with E-state index in [-0.39, 0.29) is 12.0 Å². The highest BCUT2D eigenvalue weighted by molar-refractivity contribution is 5.82. The first-order chi connectivity index (χ1) is 7.68. The number of amides is 1. The van der Waals surface area contributed by atoms with Crippen molar-refractivity contribution in [3.63, 3.8) is 0 Å². The van der Waals surface area contributed by atoms with Crippen LogP contribution in [0.1, 0.15) is 25.7 Å². The standard InChI is InChI=1S/C11H17NO4/c13-10(9-4-2-6-16-9)12-5-1-3-8(7-12)11(14)15/h8-9H,1-7H2,(H,14,15)/t8-,9+/m0/s1. The van der Waals surface area contributed by atoms with Crippen molar-refractivity contribution >= 4 is 11.9 Å². The van der Waals surface area contributed by atoms with E-state index in [0.29, 0.717) is 26.1 Å². The monoisotopic (exact) mass is 227 g/mol. The third-order valence-corrected chi connectivity index (χ3v) is 3.29. The van der Waals surface area contributed by atoms with E-state index in [1.165, 1.54) is 0 Å². The molecular weight excluding hydrogens is 210 g/mol. The van der Waals surface area contributed by atoms with Crippen LogP contribution < -0.4 is 0 Å². The number of nitrogens with zero attached hydrogens (tertiary/aromatic N) is 1. The Morgan fingerprint density at radius 2 is 2.06 bits per heavy atom. The minimum absolute atomic E-state index is 0.0246. The van der Waals surface area contributed by atoms with E-state index in [1.54, 1.807) is 4.90 Å². The van der Waals surface area contributed by atoms with Gasteiger partial charge in [0.05, 0.1) is 5.92 Å². The molecule has 0 aliphatic carbocycles. The van der Waals surface area contributed by atoms with E-state index >= 15 is 0 Å². The molecule has 2 saturated heterocycles. The predicted molar refractivity (Wildman–Crippen MR) is 55.9 cm³/mol. The summed E-state index contributed by atoms with van der Waals surface area (Å²) in [7, 11) is 0. The molecule has 2 aliphatic rings. The van der Waals surface area contributed by atoms with Crippen LogP contribution in [-0.2, 0) is 14.3 Å². The number of aliphatic carboxylic acids is 1. The molecule has 1 N–H and O–H groups in total. The molecule has 0 bridgehead atoms. The Labute approximate surface area is 94.4 Å². The number of piperidine rings is 1. The SMILES string of the molecule is O=C(O)[C@H]1CCCN(C(=O)[C@H]2CCCO2)C1. The van der Waals surface area contributed by atoms with Gasteiger partial charge in [0.1, 0.15) is 6.10 Å². The molecule has 0 aromatic carbocycles. The van der Waals surface area contributed by atoms with Crippen molar-refractivity contribution in [3.8, 4) is 0 Å². The Bertz CT molecular complexity index is 286. The molecule has 0 aromatic heterocycles. The van der Waals surface area contributed by atoms with Crippen molar-refractivity contribution < 1.29 is 19.4 Å². The average molecular weight is 227 g/mol. The van der Waals surface area contributed by atoms with Gasteiger partial charge in [0, 0.05) is 19.7 Å². The second kappa shape index (κ2) is 4.82. The molecule has 90 valence electrons. The van der Waals surface area contributed by atoms with Gasteiger partial charge in [-0.3, -0.25) is 9.59 Å². The molecule has 2 heterocycles. The number of carbonyl (C=O) groups is 2. The highest BCUT2D eigenvalue weighted by Gasteiger charge is 2.33. The third kappa shape index (κ3) is 2.35. The fourth-order valence-corrected chi connectivity index (χ4v) is 2.35. The van der Waals surface area contributed by atoms with Crippen molar-refractivity contribution in [2.75, 3.05) is 19.7 Å². The van der Waals surface area contributed by atoms with Crippen LogP contribution in [0.3, 0.4) is 0 Å². The van der Waals surface area contributed by atoms with Crippen molar-refractivity contribution in [1.29, 1.82) is 0 Å². The number of likely N-dealkylation sites (tertiary alicyclic amines) is 1. The van der Waals surface area contributed by atoms with Gasteiger partial charge in [-0.25, -0.2) is 0 Å². The minimum Gasteiger partial charge on any atom is -0.481 e. The third-order valence-electron chi connectivity index (χ3n) is 3.29. The van der Waals surface area contributed by atoms with Crippen LogP contribution >= 0.6 is 0 Å². The van der Waals surface area contributed by atoms with E-state index in [2.05, 4.69) is 0 Å². The molecule has 0 spiro atoms. The highest BCUT2D eigenvalue weighted by Crippen LogP contribution is 2.21. The van der Waals surface area contributed by atoms with Crippen LogP contribution in [0, 0.1) is 5.92 Å². The van der Waals surface area contributed by atoms with Gasteiger partial charge < -0.3 is 14.7 Å². The first-order valence-corrected chi connectivity index (χ1v) is 5.81. The van der Waals surface area contributed by atoms with E-state index in [4.69, 9.17) is 9.84 Å². The van der Waals surface area contributed by atoms with Crippen LogP contribution in [0.4, 0.5) is 0 Å². The number of rotatable bonds is 2. The van der Waals surface area contributed by atoms with Crippen LogP contribution in [-0.4, -0.2) is 47.7 Å². The van der Waals surface area contributed by atoms with Crippen molar-refractivity contribution in [3.05, 3.63) is 0 Å². The molecule has 16 heavy (non-hydrogen) atoms. The summed E-state index contributed by atoms with van der Waals surface area (Å²) in [4.78, 5) is 24.5. The van der Waals surface area contributed by atoms with Crippen molar-refractivity contribution in [2.24, 2.45) is 5.92 Å². The molecule has 1 amide bonds. The first-order valence-electron chi connectivity index (χ1n) is 5.81. The van der Waals surface area contributed by atoms with Crippen molar-refractivity contribution in [1.82, 2.24) is 4.90 Å². The largest absolute Gasteiger partial charge is 0.481 e. The summed E-state index contributed by atoms with van der Waals surface area (Å²) in [5.41, 5.74) is 0. The van der Waals surface area contributed by atoms with E-state index in [9.17, 15) is 9.59 Å². The lowest BCUT2D eigenvalue weighted by atomic mass is 9.98. The summed E-state index contributed by atoms with van der Waals surface area (Å²) >= 11 is 0. The summed E-state index contributed by atoms with van der Waals surface area (Å²) in [6, 6.07) is 0. The summed E-state index contributed by atoms with van der Waals surface area (Å²) in [5, 5.41) is 8.93. The quantitative estimate of drug-likeness (QED) is 0.745. The Balaban J connectivity index is 1.93. The van der Waals surface area contributed by atoms with Gasteiger partial charge >= 0.3 is 5.97 Å². The number of carbonyl (C=O) groups excluding carboxylic acids is 1. The minimum atomic E-state index is -0.801. The smallest absolute Gasteiger partial charge is 0.308 e. The number of ether oxygens (including phenoxy) is 1. The van der Waals surface area contributed by atoms with E-state index in [0.717, 1.165) is 19.3 Å². The Morgan fingerprint density at radius 1 is 1.25 bits per heavy atom. The molecule has 5 nitrogen and oxygen atoms in total. The highest BCUT2D eigenvalue weighted by atomic mass is 16.5. The second-order valence-corrected chi connectivity index (χ2v) is 4.46. The zero-order valence-corrected chi connectivity index (χ0v) is 9.22. The van der Waals surface area contributed by atoms with Crippen molar-refractivity contribution in [2.45, 2.75) is 31.8 Å². The molecule has 5 heteroatoms. The maximum atomic E-state index is 12.0. The molecule has 0 aromatic rings. The molecule has 0 radical (unpaired) electrons. The fourth-order valence-electron chi connectivity index (χ4n) is 2.35. The summed E-state index contributed by atoms with van der Waals surface area (Å²) in [6.07, 6.45) is 2.81. The second-order valence-electron chi connectivity index (χ2n) is 4.46. The lowest BCUT2D eigenvalue weighted by molar-refractivity contribution is -0.149. The Kier molecular flexibility index (Phi) is 3.43. The topological polar surface area (TPSA) is 66.8 Å². The van der Waals surface area contributed by atoms with E-state index in [1.807, 2.05) is 0 Å². The molecule has 2 aliphatic heterocycles. The van der Waals surface area contributed by atoms with Gasteiger partial charge in [0.15, 0.2) is 0 Å². The molecule has 2 atom stereocenters. The van der Waals surface area contributed by atoms with Crippen LogP contribution in [0.5, 0.6) is 0 Å². The van der Waals surface area contributed by atoms with Crippen LogP contribution in [0.2, 0.25) is 0 Å². The molecular formula is C11H17NO4. The molecule has 2 rings (SSSR count).